The van der Waals surface area contributed by atoms with Crippen molar-refractivity contribution in [3.63, 3.8) is 0 Å². The summed E-state index contributed by atoms with van der Waals surface area (Å²) in [7, 11) is 0. The van der Waals surface area contributed by atoms with Crippen molar-refractivity contribution >= 4 is 17.2 Å². The Bertz CT molecular complexity index is 1040. The molecule has 0 radical (unpaired) electrons. The van der Waals surface area contributed by atoms with Crippen molar-refractivity contribution in [3.05, 3.63) is 96.1 Å². The molecule has 24 heavy (non-hydrogen) atoms. The SMILES string of the molecule is [2H]C(=O)c1c(-c2ccccc2)n(Cc2ccccc2)c2ccccc12. The van der Waals surface area contributed by atoms with Gasteiger partial charge in [0.15, 0.2) is 6.26 Å². The minimum atomic E-state index is -0.651. The number of benzene rings is 3. The smallest absolute Gasteiger partial charge is 0.152 e. The van der Waals surface area contributed by atoms with Crippen LogP contribution in [0.5, 0.6) is 0 Å². The number of fused-ring (bicyclic) bond motifs is 1. The molecule has 4 aromatic rings. The summed E-state index contributed by atoms with van der Waals surface area (Å²) < 4.78 is 9.97. The first-order chi connectivity index (χ1) is 12.3. The van der Waals surface area contributed by atoms with Crippen LogP contribution >= 0.6 is 0 Å². The average Bonchev–Trinajstić information content (AvgIpc) is 2.98. The van der Waals surface area contributed by atoms with Crippen LogP contribution in [0.15, 0.2) is 84.9 Å². The van der Waals surface area contributed by atoms with E-state index >= 15 is 0 Å². The van der Waals surface area contributed by atoms with Gasteiger partial charge in [-0.1, -0.05) is 78.9 Å². The minimum absolute atomic E-state index is 0.470. The molecule has 0 spiro atoms. The van der Waals surface area contributed by atoms with E-state index < -0.39 is 6.26 Å². The Labute approximate surface area is 142 Å². The van der Waals surface area contributed by atoms with Gasteiger partial charge in [0.05, 0.1) is 5.69 Å². The standard InChI is InChI=1S/C22H17NO/c24-16-20-19-13-7-8-14-21(19)23(15-17-9-3-1-4-10-17)22(20)18-11-5-2-6-12-18/h1-14,16H,15H2/i16D. The summed E-state index contributed by atoms with van der Waals surface area (Å²) in [4.78, 5) is 12.2. The first kappa shape index (κ1) is 13.3. The lowest BCUT2D eigenvalue weighted by Crippen LogP contribution is -2.02. The highest BCUT2D eigenvalue weighted by atomic mass is 16.1. The second kappa shape index (κ2) is 6.17. The van der Waals surface area contributed by atoms with Crippen LogP contribution < -0.4 is 0 Å². The molecule has 4 rings (SSSR count). The van der Waals surface area contributed by atoms with E-state index in [1.807, 2.05) is 72.8 Å². The molecule has 0 saturated carbocycles. The highest BCUT2D eigenvalue weighted by Crippen LogP contribution is 2.33. The molecular weight excluding hydrogens is 294 g/mol. The highest BCUT2D eigenvalue weighted by Gasteiger charge is 2.17. The van der Waals surface area contributed by atoms with Crippen molar-refractivity contribution in [2.75, 3.05) is 0 Å². The van der Waals surface area contributed by atoms with Gasteiger partial charge in [0.25, 0.3) is 0 Å². The van der Waals surface area contributed by atoms with Gasteiger partial charge in [-0.2, -0.15) is 0 Å². The number of carbonyl (C=O) groups is 1. The number of nitrogens with zero attached hydrogens (tertiary/aromatic N) is 1. The molecule has 0 N–H and O–H groups in total. The molecule has 116 valence electrons. The molecule has 0 fully saturated rings. The molecule has 0 aliphatic rings. The second-order valence-electron chi connectivity index (χ2n) is 5.78. The molecule has 0 unspecified atom stereocenters. The van der Waals surface area contributed by atoms with Gasteiger partial charge >= 0.3 is 0 Å². The zero-order valence-electron chi connectivity index (χ0n) is 14.1. The Morgan fingerprint density at radius 3 is 2.17 bits per heavy atom. The summed E-state index contributed by atoms with van der Waals surface area (Å²) in [6.45, 7) is 0.652. The third-order valence-electron chi connectivity index (χ3n) is 4.30. The summed E-state index contributed by atoms with van der Waals surface area (Å²) >= 11 is 0. The van der Waals surface area contributed by atoms with Gasteiger partial charge in [0.1, 0.15) is 1.37 Å². The van der Waals surface area contributed by atoms with E-state index in [0.717, 1.165) is 27.7 Å². The third kappa shape index (κ3) is 2.42. The van der Waals surface area contributed by atoms with Crippen molar-refractivity contribution in [3.8, 4) is 11.3 Å². The Kier molecular flexibility index (Phi) is 3.42. The highest BCUT2D eigenvalue weighted by molar-refractivity contribution is 6.05. The molecule has 0 saturated heterocycles. The van der Waals surface area contributed by atoms with Gasteiger partial charge in [-0.15, -0.1) is 0 Å². The van der Waals surface area contributed by atoms with Crippen LogP contribution in [-0.4, -0.2) is 10.8 Å². The first-order valence-corrected chi connectivity index (χ1v) is 7.97. The number of aromatic nitrogens is 1. The fourth-order valence-corrected chi connectivity index (χ4v) is 3.23. The lowest BCUT2D eigenvalue weighted by atomic mass is 10.1. The van der Waals surface area contributed by atoms with Crippen LogP contribution in [0.25, 0.3) is 22.2 Å². The van der Waals surface area contributed by atoms with E-state index in [4.69, 9.17) is 1.37 Å². The zero-order valence-corrected chi connectivity index (χ0v) is 13.1. The van der Waals surface area contributed by atoms with Crippen molar-refractivity contribution in [1.29, 1.82) is 0 Å². The molecule has 0 bridgehead atoms. The predicted molar refractivity (Wildman–Crippen MR) is 98.3 cm³/mol. The maximum Gasteiger partial charge on any atom is 0.152 e. The van der Waals surface area contributed by atoms with E-state index in [2.05, 4.69) is 16.7 Å². The predicted octanol–water partition coefficient (Wildman–Crippen LogP) is 5.17. The van der Waals surface area contributed by atoms with Gasteiger partial charge < -0.3 is 4.57 Å². The van der Waals surface area contributed by atoms with Crippen LogP contribution in [0.4, 0.5) is 0 Å². The van der Waals surface area contributed by atoms with Gasteiger partial charge in [-0.3, -0.25) is 4.79 Å². The van der Waals surface area contributed by atoms with Crippen LogP contribution in [0.3, 0.4) is 0 Å². The molecular formula is C22H17NO. The summed E-state index contributed by atoms with van der Waals surface area (Å²) in [5.74, 6) is 0. The average molecular weight is 312 g/mol. The molecule has 0 aliphatic carbocycles. The molecule has 1 heterocycles. The molecule has 2 heteroatoms. The lowest BCUT2D eigenvalue weighted by Gasteiger charge is -2.12. The van der Waals surface area contributed by atoms with Crippen molar-refractivity contribution in [2.45, 2.75) is 6.54 Å². The van der Waals surface area contributed by atoms with Gasteiger partial charge in [0, 0.05) is 23.0 Å². The number of hydrogen-bond donors (Lipinski definition) is 0. The molecule has 0 amide bonds. The van der Waals surface area contributed by atoms with Crippen molar-refractivity contribution < 1.29 is 6.17 Å². The Morgan fingerprint density at radius 2 is 1.46 bits per heavy atom. The Hall–Kier alpha value is -3.13. The van der Waals surface area contributed by atoms with E-state index in [9.17, 15) is 4.79 Å². The minimum Gasteiger partial charge on any atom is -0.335 e. The molecule has 0 aliphatic heterocycles. The molecule has 3 aromatic carbocycles. The van der Waals surface area contributed by atoms with E-state index in [0.29, 0.717) is 12.1 Å². The lowest BCUT2D eigenvalue weighted by molar-refractivity contribution is 0.112. The maximum atomic E-state index is 12.2. The number of rotatable bonds is 4. The fraction of sp³-hybridized carbons (Fsp3) is 0.0455. The summed E-state index contributed by atoms with van der Waals surface area (Å²) in [6.07, 6.45) is -0.651. The van der Waals surface area contributed by atoms with E-state index in [1.54, 1.807) is 0 Å². The van der Waals surface area contributed by atoms with Gasteiger partial charge in [-0.25, -0.2) is 0 Å². The normalized spacial score (nSPS) is 11.4. The van der Waals surface area contributed by atoms with Crippen LogP contribution in [0, 0.1) is 0 Å². The summed E-state index contributed by atoms with van der Waals surface area (Å²) in [5.41, 5.74) is 4.36. The van der Waals surface area contributed by atoms with Crippen LogP contribution in [0.2, 0.25) is 0 Å². The van der Waals surface area contributed by atoms with E-state index in [-0.39, 0.29) is 0 Å². The largest absolute Gasteiger partial charge is 0.335 e. The molecule has 2 nitrogen and oxygen atoms in total. The second-order valence-corrected chi connectivity index (χ2v) is 5.78. The first-order valence-electron chi connectivity index (χ1n) is 8.47. The third-order valence-corrected chi connectivity index (χ3v) is 4.30. The zero-order chi connectivity index (χ0) is 17.2. The van der Waals surface area contributed by atoms with Crippen LogP contribution in [-0.2, 0) is 6.54 Å². The number of aldehydes is 1. The Balaban J connectivity index is 2.04. The monoisotopic (exact) mass is 312 g/mol. The maximum absolute atomic E-state index is 12.2. The fourth-order valence-electron chi connectivity index (χ4n) is 3.23. The van der Waals surface area contributed by atoms with Crippen LogP contribution in [0.1, 0.15) is 17.3 Å². The number of hydrogen-bond acceptors (Lipinski definition) is 1. The quantitative estimate of drug-likeness (QED) is 0.477. The summed E-state index contributed by atoms with van der Waals surface area (Å²) in [5, 5.41) is 0.831. The topological polar surface area (TPSA) is 22.0 Å². The van der Waals surface area contributed by atoms with Crippen molar-refractivity contribution in [2.24, 2.45) is 0 Å². The number of carbonyl (C=O) groups excluding carboxylic acids is 1. The Morgan fingerprint density at radius 1 is 0.833 bits per heavy atom. The van der Waals surface area contributed by atoms with E-state index in [1.165, 1.54) is 0 Å². The molecule has 0 atom stereocenters. The van der Waals surface area contributed by atoms with Gasteiger partial charge in [-0.05, 0) is 17.2 Å². The van der Waals surface area contributed by atoms with Crippen molar-refractivity contribution in [1.82, 2.24) is 4.57 Å². The summed E-state index contributed by atoms with van der Waals surface area (Å²) in [6, 6.07) is 27.8. The number of para-hydroxylation sites is 1. The van der Waals surface area contributed by atoms with Gasteiger partial charge in [0.2, 0.25) is 0 Å². The molecule has 1 aromatic heterocycles.